The number of nitrogens with one attached hydrogen (secondary N) is 1. The molecule has 118 valence electrons. The second-order valence-electron chi connectivity index (χ2n) is 5.68. The summed E-state index contributed by atoms with van der Waals surface area (Å²) in [6, 6.07) is 14.4. The van der Waals surface area contributed by atoms with Crippen LogP contribution in [0.25, 0.3) is 0 Å². The van der Waals surface area contributed by atoms with Gasteiger partial charge in [0, 0.05) is 23.0 Å². The van der Waals surface area contributed by atoms with E-state index in [1.165, 1.54) is 0 Å². The van der Waals surface area contributed by atoms with E-state index in [-0.39, 0.29) is 24.3 Å². The minimum absolute atomic E-state index is 0.00216. The Morgan fingerprint density at radius 3 is 2.65 bits per heavy atom. The molecule has 3 rings (SSSR count). The van der Waals surface area contributed by atoms with Gasteiger partial charge in [-0.3, -0.25) is 9.59 Å². The second-order valence-corrected chi connectivity index (χ2v) is 6.11. The van der Waals surface area contributed by atoms with Gasteiger partial charge in [-0.05, 0) is 43.3 Å². The predicted octanol–water partition coefficient (Wildman–Crippen LogP) is 3.76. The summed E-state index contributed by atoms with van der Waals surface area (Å²) in [5, 5.41) is 3.50. The van der Waals surface area contributed by atoms with Crippen LogP contribution >= 0.6 is 11.6 Å². The Balaban J connectivity index is 1.90. The number of anilines is 2. The third-order valence-electron chi connectivity index (χ3n) is 3.98. The SMILES string of the molecule is C[C@@H]1CC(=O)Nc2ccccc2N1CC(=O)c1ccc(Cl)cc1. The molecule has 1 amide bonds. The Kier molecular flexibility index (Phi) is 4.35. The van der Waals surface area contributed by atoms with Gasteiger partial charge >= 0.3 is 0 Å². The molecular weight excluding hydrogens is 312 g/mol. The molecule has 0 aromatic heterocycles. The lowest BCUT2D eigenvalue weighted by Crippen LogP contribution is -2.37. The first-order valence-electron chi connectivity index (χ1n) is 7.49. The molecule has 5 heteroatoms. The van der Waals surface area contributed by atoms with E-state index in [0.717, 1.165) is 11.4 Å². The quantitative estimate of drug-likeness (QED) is 0.873. The molecule has 0 aliphatic carbocycles. The van der Waals surface area contributed by atoms with Crippen LogP contribution in [0.4, 0.5) is 11.4 Å². The van der Waals surface area contributed by atoms with Crippen molar-refractivity contribution >= 4 is 34.7 Å². The van der Waals surface area contributed by atoms with E-state index in [9.17, 15) is 9.59 Å². The maximum atomic E-state index is 12.6. The molecule has 2 aromatic rings. The van der Waals surface area contributed by atoms with Crippen LogP contribution in [0.5, 0.6) is 0 Å². The molecule has 1 atom stereocenters. The van der Waals surface area contributed by atoms with Crippen molar-refractivity contribution in [1.29, 1.82) is 0 Å². The molecule has 1 N–H and O–H groups in total. The summed E-state index contributed by atoms with van der Waals surface area (Å²) in [6.07, 6.45) is 0.350. The maximum Gasteiger partial charge on any atom is 0.226 e. The van der Waals surface area contributed by atoms with Gasteiger partial charge in [-0.2, -0.15) is 0 Å². The zero-order valence-electron chi connectivity index (χ0n) is 12.8. The lowest BCUT2D eigenvalue weighted by atomic mass is 10.1. The normalized spacial score (nSPS) is 17.2. The number of carbonyl (C=O) groups is 2. The number of carbonyl (C=O) groups excluding carboxylic acids is 2. The summed E-state index contributed by atoms with van der Waals surface area (Å²) in [4.78, 5) is 26.5. The fraction of sp³-hybridized carbons (Fsp3) is 0.222. The van der Waals surface area contributed by atoms with Crippen LogP contribution in [0.1, 0.15) is 23.7 Å². The third kappa shape index (κ3) is 3.37. The molecule has 1 aliphatic rings. The van der Waals surface area contributed by atoms with E-state index < -0.39 is 0 Å². The average Bonchev–Trinajstić information content (AvgIpc) is 2.64. The molecule has 4 nitrogen and oxygen atoms in total. The van der Waals surface area contributed by atoms with Gasteiger partial charge in [-0.1, -0.05) is 23.7 Å². The van der Waals surface area contributed by atoms with E-state index in [2.05, 4.69) is 5.32 Å². The summed E-state index contributed by atoms with van der Waals surface area (Å²) in [6.45, 7) is 2.17. The van der Waals surface area contributed by atoms with Crippen molar-refractivity contribution in [2.24, 2.45) is 0 Å². The third-order valence-corrected chi connectivity index (χ3v) is 4.23. The van der Waals surface area contributed by atoms with Gasteiger partial charge in [0.05, 0.1) is 17.9 Å². The number of benzene rings is 2. The van der Waals surface area contributed by atoms with Crippen LogP contribution < -0.4 is 10.2 Å². The number of fused-ring (bicyclic) bond motifs is 1. The fourth-order valence-electron chi connectivity index (χ4n) is 2.77. The first-order chi connectivity index (χ1) is 11.0. The highest BCUT2D eigenvalue weighted by Crippen LogP contribution is 2.31. The van der Waals surface area contributed by atoms with E-state index >= 15 is 0 Å². The van der Waals surface area contributed by atoms with E-state index in [1.807, 2.05) is 36.1 Å². The first kappa shape index (κ1) is 15.6. The average molecular weight is 329 g/mol. The maximum absolute atomic E-state index is 12.6. The van der Waals surface area contributed by atoms with Gasteiger partial charge in [-0.25, -0.2) is 0 Å². The molecule has 1 aliphatic heterocycles. The van der Waals surface area contributed by atoms with Gasteiger partial charge in [0.25, 0.3) is 0 Å². The van der Waals surface area contributed by atoms with Gasteiger partial charge in [-0.15, -0.1) is 0 Å². The van der Waals surface area contributed by atoms with Crippen molar-refractivity contribution in [2.75, 3.05) is 16.8 Å². The highest BCUT2D eigenvalue weighted by Gasteiger charge is 2.26. The van der Waals surface area contributed by atoms with Crippen molar-refractivity contribution in [3.63, 3.8) is 0 Å². The summed E-state index contributed by atoms with van der Waals surface area (Å²) in [5.41, 5.74) is 2.22. The van der Waals surface area contributed by atoms with Crippen LogP contribution in [-0.4, -0.2) is 24.3 Å². The van der Waals surface area contributed by atoms with Gasteiger partial charge in [0.2, 0.25) is 5.91 Å². The molecule has 0 saturated heterocycles. The highest BCUT2D eigenvalue weighted by molar-refractivity contribution is 6.30. The van der Waals surface area contributed by atoms with Crippen molar-refractivity contribution in [3.05, 3.63) is 59.1 Å². The molecule has 0 fully saturated rings. The number of rotatable bonds is 3. The summed E-state index contributed by atoms with van der Waals surface area (Å²) in [7, 11) is 0. The predicted molar refractivity (Wildman–Crippen MR) is 92.3 cm³/mol. The molecule has 0 saturated carbocycles. The lowest BCUT2D eigenvalue weighted by molar-refractivity contribution is -0.116. The van der Waals surface area contributed by atoms with Crippen LogP contribution in [0, 0.1) is 0 Å². The van der Waals surface area contributed by atoms with Gasteiger partial charge in [0.1, 0.15) is 0 Å². The summed E-state index contributed by atoms with van der Waals surface area (Å²) < 4.78 is 0. The second kappa shape index (κ2) is 6.42. The molecular formula is C18H17ClN2O2. The number of Topliss-reactive ketones (excluding diaryl/α,β-unsaturated/α-hetero) is 1. The van der Waals surface area contributed by atoms with Gasteiger partial charge < -0.3 is 10.2 Å². The Morgan fingerprint density at radius 2 is 1.91 bits per heavy atom. The van der Waals surface area contributed by atoms with Crippen molar-refractivity contribution in [1.82, 2.24) is 0 Å². The Labute approximate surface area is 140 Å². The van der Waals surface area contributed by atoms with Crippen LogP contribution in [-0.2, 0) is 4.79 Å². The molecule has 0 radical (unpaired) electrons. The molecule has 1 heterocycles. The number of hydrogen-bond acceptors (Lipinski definition) is 3. The zero-order valence-corrected chi connectivity index (χ0v) is 13.5. The van der Waals surface area contributed by atoms with Crippen LogP contribution in [0.3, 0.4) is 0 Å². The Morgan fingerprint density at radius 1 is 1.22 bits per heavy atom. The topological polar surface area (TPSA) is 49.4 Å². The van der Waals surface area contributed by atoms with E-state index in [1.54, 1.807) is 24.3 Å². The smallest absolute Gasteiger partial charge is 0.226 e. The Bertz CT molecular complexity index is 743. The first-order valence-corrected chi connectivity index (χ1v) is 7.86. The van der Waals surface area contributed by atoms with E-state index in [4.69, 9.17) is 11.6 Å². The standard InChI is InChI=1S/C18H17ClN2O2/c1-12-10-18(23)20-15-4-2-3-5-16(15)21(12)11-17(22)13-6-8-14(19)9-7-13/h2-9,12H,10-11H2,1H3,(H,20,23)/t12-/m1/s1. The minimum atomic E-state index is -0.0603. The number of halogens is 1. The zero-order chi connectivity index (χ0) is 16.4. The van der Waals surface area contributed by atoms with E-state index in [0.29, 0.717) is 17.0 Å². The summed E-state index contributed by atoms with van der Waals surface area (Å²) >= 11 is 5.87. The molecule has 2 aromatic carbocycles. The molecule has 0 spiro atoms. The monoisotopic (exact) mass is 328 g/mol. The fourth-order valence-corrected chi connectivity index (χ4v) is 2.90. The van der Waals surface area contributed by atoms with Gasteiger partial charge in [0.15, 0.2) is 5.78 Å². The highest BCUT2D eigenvalue weighted by atomic mass is 35.5. The number of amides is 1. The summed E-state index contributed by atoms with van der Waals surface area (Å²) in [5.74, 6) is -0.0379. The van der Waals surface area contributed by atoms with Crippen molar-refractivity contribution in [3.8, 4) is 0 Å². The van der Waals surface area contributed by atoms with Crippen LogP contribution in [0.2, 0.25) is 5.02 Å². The van der Waals surface area contributed by atoms with Crippen molar-refractivity contribution in [2.45, 2.75) is 19.4 Å². The Hall–Kier alpha value is -2.33. The minimum Gasteiger partial charge on any atom is -0.359 e. The number of ketones is 1. The lowest BCUT2D eigenvalue weighted by Gasteiger charge is -2.29. The van der Waals surface area contributed by atoms with Crippen LogP contribution in [0.15, 0.2) is 48.5 Å². The molecule has 0 bridgehead atoms. The molecule has 0 unspecified atom stereocenters. The number of nitrogens with zero attached hydrogens (tertiary/aromatic N) is 1. The number of hydrogen-bond donors (Lipinski definition) is 1. The largest absolute Gasteiger partial charge is 0.359 e. The molecule has 23 heavy (non-hydrogen) atoms. The van der Waals surface area contributed by atoms with Crippen molar-refractivity contribution < 1.29 is 9.59 Å². The number of para-hydroxylation sites is 2.